The molecule has 4 nitrogen and oxygen atoms in total. The minimum Gasteiger partial charge on any atom is -0.508 e. The summed E-state index contributed by atoms with van der Waals surface area (Å²) in [6, 6.07) is 16.3. The van der Waals surface area contributed by atoms with Crippen molar-refractivity contribution in [3.05, 3.63) is 71.3 Å². The number of benzene rings is 3. The van der Waals surface area contributed by atoms with Crippen LogP contribution in [0.15, 0.2) is 54.6 Å². The SMILES string of the molecule is CC(C)(C)c1cc(O)ccc1Oc1ccc(Oc2ccc(O)cc2C(C)(C)C)c(C(C)(C)C)c1. The predicted octanol–water partition coefficient (Wildman–Crippen LogP) is 8.57. The van der Waals surface area contributed by atoms with Crippen molar-refractivity contribution in [1.82, 2.24) is 0 Å². The molecule has 0 aromatic heterocycles. The molecule has 0 heterocycles. The quantitative estimate of drug-likeness (QED) is 0.408. The Bertz CT molecular complexity index is 1170. The molecule has 4 heteroatoms. The highest BCUT2D eigenvalue weighted by molar-refractivity contribution is 5.52. The van der Waals surface area contributed by atoms with Crippen LogP contribution >= 0.6 is 0 Å². The fourth-order valence-electron chi connectivity index (χ4n) is 3.88. The third kappa shape index (κ3) is 5.85. The summed E-state index contributed by atoms with van der Waals surface area (Å²) in [5, 5.41) is 20.0. The highest BCUT2D eigenvalue weighted by atomic mass is 16.5. The fourth-order valence-corrected chi connectivity index (χ4v) is 3.88. The molecule has 0 fully saturated rings. The van der Waals surface area contributed by atoms with Gasteiger partial charge in [-0.2, -0.15) is 0 Å². The van der Waals surface area contributed by atoms with Crippen molar-refractivity contribution in [1.29, 1.82) is 0 Å². The first-order valence-electron chi connectivity index (χ1n) is 11.7. The molecule has 0 unspecified atom stereocenters. The van der Waals surface area contributed by atoms with Gasteiger partial charge in [-0.15, -0.1) is 0 Å². The van der Waals surface area contributed by atoms with E-state index in [-0.39, 0.29) is 27.7 Å². The molecule has 0 aliphatic heterocycles. The van der Waals surface area contributed by atoms with E-state index >= 15 is 0 Å². The predicted molar refractivity (Wildman–Crippen MR) is 139 cm³/mol. The number of hydrogen-bond acceptors (Lipinski definition) is 4. The maximum atomic E-state index is 10.0. The zero-order valence-corrected chi connectivity index (χ0v) is 21.9. The Morgan fingerprint density at radius 2 is 0.824 bits per heavy atom. The highest BCUT2D eigenvalue weighted by Gasteiger charge is 2.25. The van der Waals surface area contributed by atoms with Crippen LogP contribution in [0.3, 0.4) is 0 Å². The van der Waals surface area contributed by atoms with Crippen LogP contribution < -0.4 is 9.47 Å². The second-order valence-corrected chi connectivity index (χ2v) is 12.0. The molecule has 3 aromatic rings. The van der Waals surface area contributed by atoms with E-state index in [1.807, 2.05) is 30.3 Å². The summed E-state index contributed by atoms with van der Waals surface area (Å²) < 4.78 is 12.8. The van der Waals surface area contributed by atoms with Crippen LogP contribution in [0.25, 0.3) is 0 Å². The topological polar surface area (TPSA) is 58.9 Å². The fraction of sp³-hybridized carbons (Fsp3) is 0.400. The van der Waals surface area contributed by atoms with Gasteiger partial charge in [-0.05, 0) is 70.8 Å². The van der Waals surface area contributed by atoms with Gasteiger partial charge in [0.2, 0.25) is 0 Å². The molecule has 0 radical (unpaired) electrons. The van der Waals surface area contributed by atoms with Gasteiger partial charge in [-0.3, -0.25) is 0 Å². The first kappa shape index (κ1) is 25.5. The Balaban J connectivity index is 2.04. The zero-order chi connectivity index (χ0) is 25.5. The Labute approximate surface area is 204 Å². The Morgan fingerprint density at radius 3 is 1.24 bits per heavy atom. The van der Waals surface area contributed by atoms with E-state index < -0.39 is 0 Å². The summed E-state index contributed by atoms with van der Waals surface area (Å²) in [4.78, 5) is 0. The lowest BCUT2D eigenvalue weighted by molar-refractivity contribution is 0.421. The molecule has 2 N–H and O–H groups in total. The maximum absolute atomic E-state index is 10.0. The molecule has 3 rings (SSSR count). The second-order valence-electron chi connectivity index (χ2n) is 12.0. The van der Waals surface area contributed by atoms with Gasteiger partial charge in [0.15, 0.2) is 0 Å². The lowest BCUT2D eigenvalue weighted by Crippen LogP contribution is -2.15. The summed E-state index contributed by atoms with van der Waals surface area (Å²) in [5.41, 5.74) is 2.30. The molecular formula is C30H38O4. The van der Waals surface area contributed by atoms with E-state index in [9.17, 15) is 10.2 Å². The number of hydrogen-bond donors (Lipinski definition) is 2. The van der Waals surface area contributed by atoms with E-state index in [1.54, 1.807) is 24.3 Å². The van der Waals surface area contributed by atoms with Crippen LogP contribution in [0, 0.1) is 0 Å². The molecule has 0 bridgehead atoms. The second kappa shape index (κ2) is 8.90. The van der Waals surface area contributed by atoms with Crippen molar-refractivity contribution in [2.24, 2.45) is 0 Å². The minimum absolute atomic E-state index is 0.188. The molecule has 0 saturated heterocycles. The van der Waals surface area contributed by atoms with E-state index in [2.05, 4.69) is 62.3 Å². The van der Waals surface area contributed by atoms with Crippen LogP contribution in [0.1, 0.15) is 79.0 Å². The summed E-state index contributed by atoms with van der Waals surface area (Å²) in [6.07, 6.45) is 0. The van der Waals surface area contributed by atoms with Crippen LogP contribution in [-0.4, -0.2) is 10.2 Å². The van der Waals surface area contributed by atoms with Crippen LogP contribution in [0.4, 0.5) is 0 Å². The number of phenols is 2. The number of rotatable bonds is 4. The Morgan fingerprint density at radius 1 is 0.471 bits per heavy atom. The van der Waals surface area contributed by atoms with Crippen molar-refractivity contribution in [2.75, 3.05) is 0 Å². The molecule has 3 aromatic carbocycles. The average Bonchev–Trinajstić information content (AvgIpc) is 2.69. The monoisotopic (exact) mass is 462 g/mol. The Hall–Kier alpha value is -3.14. The van der Waals surface area contributed by atoms with Crippen molar-refractivity contribution in [3.63, 3.8) is 0 Å². The largest absolute Gasteiger partial charge is 0.508 e. The molecule has 0 saturated carbocycles. The van der Waals surface area contributed by atoms with Crippen LogP contribution in [0.5, 0.6) is 34.5 Å². The molecule has 182 valence electrons. The number of aromatic hydroxyl groups is 2. The average molecular weight is 463 g/mol. The lowest BCUT2D eigenvalue weighted by atomic mass is 9.85. The molecular weight excluding hydrogens is 424 g/mol. The van der Waals surface area contributed by atoms with E-state index in [0.717, 1.165) is 28.2 Å². The van der Waals surface area contributed by atoms with E-state index in [4.69, 9.17) is 9.47 Å². The summed E-state index contributed by atoms with van der Waals surface area (Å²) in [5.74, 6) is 3.33. The van der Waals surface area contributed by atoms with Gasteiger partial charge >= 0.3 is 0 Å². The summed E-state index contributed by atoms with van der Waals surface area (Å²) in [6.45, 7) is 19.0. The standard InChI is InChI=1S/C30H38O4/c1-28(2,3)22-16-19(31)10-13-25(22)33-21-12-15-27(24(18-21)30(7,8)9)34-26-14-11-20(32)17-23(26)29(4,5)6/h10-18,31-32H,1-9H3. The molecule has 34 heavy (non-hydrogen) atoms. The summed E-state index contributed by atoms with van der Waals surface area (Å²) >= 11 is 0. The minimum atomic E-state index is -0.199. The first-order chi connectivity index (χ1) is 15.6. The normalized spacial score (nSPS) is 12.5. The van der Waals surface area contributed by atoms with E-state index in [1.165, 1.54) is 0 Å². The van der Waals surface area contributed by atoms with Crippen molar-refractivity contribution >= 4 is 0 Å². The molecule has 0 atom stereocenters. The maximum Gasteiger partial charge on any atom is 0.131 e. The first-order valence-corrected chi connectivity index (χ1v) is 11.7. The molecule has 0 amide bonds. The van der Waals surface area contributed by atoms with Crippen molar-refractivity contribution < 1.29 is 19.7 Å². The van der Waals surface area contributed by atoms with Crippen LogP contribution in [0.2, 0.25) is 0 Å². The Kier molecular flexibility index (Phi) is 6.67. The van der Waals surface area contributed by atoms with Crippen molar-refractivity contribution in [3.8, 4) is 34.5 Å². The van der Waals surface area contributed by atoms with Gasteiger partial charge in [-0.1, -0.05) is 62.3 Å². The van der Waals surface area contributed by atoms with Gasteiger partial charge < -0.3 is 19.7 Å². The highest BCUT2D eigenvalue weighted by Crippen LogP contribution is 2.42. The molecule has 0 aliphatic carbocycles. The zero-order valence-electron chi connectivity index (χ0n) is 21.9. The van der Waals surface area contributed by atoms with Gasteiger partial charge in [-0.25, -0.2) is 0 Å². The van der Waals surface area contributed by atoms with Crippen molar-refractivity contribution in [2.45, 2.75) is 78.6 Å². The number of ether oxygens (including phenoxy) is 2. The molecule has 0 aliphatic rings. The van der Waals surface area contributed by atoms with Gasteiger partial charge in [0, 0.05) is 16.7 Å². The third-order valence-corrected chi connectivity index (χ3v) is 5.75. The van der Waals surface area contributed by atoms with Gasteiger partial charge in [0.1, 0.15) is 34.5 Å². The van der Waals surface area contributed by atoms with Crippen LogP contribution in [-0.2, 0) is 16.2 Å². The van der Waals surface area contributed by atoms with Gasteiger partial charge in [0.05, 0.1) is 0 Å². The lowest BCUT2D eigenvalue weighted by Gasteiger charge is -2.27. The summed E-state index contributed by atoms with van der Waals surface area (Å²) in [7, 11) is 0. The van der Waals surface area contributed by atoms with Gasteiger partial charge in [0.25, 0.3) is 0 Å². The van der Waals surface area contributed by atoms with E-state index in [0.29, 0.717) is 11.5 Å². The number of phenolic OH excluding ortho intramolecular Hbond substituents is 2. The smallest absolute Gasteiger partial charge is 0.131 e. The third-order valence-electron chi connectivity index (χ3n) is 5.75. The molecule has 0 spiro atoms.